The number of ether oxygens (including phenoxy) is 3. The summed E-state index contributed by atoms with van der Waals surface area (Å²) in [6.45, 7) is 6.42. The second-order valence-electron chi connectivity index (χ2n) is 5.77. The first kappa shape index (κ1) is 18.8. The molecule has 0 heterocycles. The van der Waals surface area contributed by atoms with Gasteiger partial charge in [0, 0.05) is 12.1 Å². The van der Waals surface area contributed by atoms with Crippen LogP contribution in [0.15, 0.2) is 24.3 Å². The van der Waals surface area contributed by atoms with E-state index in [0.717, 1.165) is 18.4 Å². The van der Waals surface area contributed by atoms with E-state index in [1.165, 1.54) is 6.08 Å². The summed E-state index contributed by atoms with van der Waals surface area (Å²) < 4.78 is 16.2. The summed E-state index contributed by atoms with van der Waals surface area (Å²) in [7, 11) is 0. The van der Waals surface area contributed by atoms with Crippen LogP contribution >= 0.6 is 0 Å². The lowest BCUT2D eigenvalue weighted by molar-refractivity contribution is -0.150. The highest BCUT2D eigenvalue weighted by Gasteiger charge is 2.26. The van der Waals surface area contributed by atoms with Gasteiger partial charge in [-0.3, -0.25) is 4.79 Å². The van der Waals surface area contributed by atoms with Crippen molar-refractivity contribution < 1.29 is 23.8 Å². The van der Waals surface area contributed by atoms with Gasteiger partial charge in [-0.15, -0.1) is 0 Å². The SMILES string of the molecule is CCOc1ccc(/C=C/C(=O)O[C@H](C)C(=O)NC2CC2)cc1OCC. The Hall–Kier alpha value is -2.50. The van der Waals surface area contributed by atoms with Crippen LogP contribution in [0.1, 0.15) is 39.2 Å². The van der Waals surface area contributed by atoms with Crippen LogP contribution in [-0.4, -0.2) is 37.2 Å². The van der Waals surface area contributed by atoms with Crippen molar-refractivity contribution in [2.75, 3.05) is 13.2 Å². The van der Waals surface area contributed by atoms with Crippen molar-refractivity contribution >= 4 is 18.0 Å². The summed E-state index contributed by atoms with van der Waals surface area (Å²) in [4.78, 5) is 23.6. The van der Waals surface area contributed by atoms with Gasteiger partial charge in [-0.1, -0.05) is 6.07 Å². The van der Waals surface area contributed by atoms with E-state index in [-0.39, 0.29) is 11.9 Å². The molecule has 0 spiro atoms. The first-order valence-electron chi connectivity index (χ1n) is 8.62. The Balaban J connectivity index is 1.93. The molecule has 0 bridgehead atoms. The second kappa shape index (κ2) is 9.11. The number of rotatable bonds is 9. The lowest BCUT2D eigenvalue weighted by Gasteiger charge is -2.12. The van der Waals surface area contributed by atoms with Crippen LogP contribution in [0.2, 0.25) is 0 Å². The Morgan fingerprint density at radius 3 is 2.52 bits per heavy atom. The third kappa shape index (κ3) is 6.14. The molecule has 6 nitrogen and oxygen atoms in total. The number of esters is 1. The van der Waals surface area contributed by atoms with Crippen LogP contribution in [0.4, 0.5) is 0 Å². The van der Waals surface area contributed by atoms with Crippen LogP contribution in [0.5, 0.6) is 11.5 Å². The van der Waals surface area contributed by atoms with E-state index in [2.05, 4.69) is 5.32 Å². The maximum atomic E-state index is 11.9. The summed E-state index contributed by atoms with van der Waals surface area (Å²) >= 11 is 0. The fourth-order valence-corrected chi connectivity index (χ4v) is 2.15. The minimum atomic E-state index is -0.808. The highest BCUT2D eigenvalue weighted by molar-refractivity contribution is 5.90. The minimum Gasteiger partial charge on any atom is -0.490 e. The number of carbonyl (C=O) groups excluding carboxylic acids is 2. The molecular formula is C19H25NO5. The van der Waals surface area contributed by atoms with E-state index >= 15 is 0 Å². The normalized spacial score (nSPS) is 14.8. The van der Waals surface area contributed by atoms with Crippen LogP contribution in [-0.2, 0) is 14.3 Å². The third-order valence-electron chi connectivity index (χ3n) is 3.57. The molecular weight excluding hydrogens is 322 g/mol. The van der Waals surface area contributed by atoms with Crippen molar-refractivity contribution in [3.63, 3.8) is 0 Å². The average molecular weight is 347 g/mol. The number of benzene rings is 1. The quantitative estimate of drug-likeness (QED) is 0.549. The summed E-state index contributed by atoms with van der Waals surface area (Å²) in [5.41, 5.74) is 0.777. The summed E-state index contributed by atoms with van der Waals surface area (Å²) in [6.07, 6.45) is 4.09. The van der Waals surface area contributed by atoms with Gasteiger partial charge in [-0.05, 0) is 57.4 Å². The molecule has 0 saturated heterocycles. The third-order valence-corrected chi connectivity index (χ3v) is 3.57. The van der Waals surface area contributed by atoms with Crippen LogP contribution < -0.4 is 14.8 Å². The first-order chi connectivity index (χ1) is 12.0. The van der Waals surface area contributed by atoms with Gasteiger partial charge in [0.1, 0.15) is 0 Å². The van der Waals surface area contributed by atoms with E-state index in [0.29, 0.717) is 24.7 Å². The first-order valence-corrected chi connectivity index (χ1v) is 8.62. The number of amides is 1. The highest BCUT2D eigenvalue weighted by atomic mass is 16.5. The zero-order chi connectivity index (χ0) is 18.2. The summed E-state index contributed by atoms with van der Waals surface area (Å²) in [6, 6.07) is 5.65. The standard InChI is InChI=1S/C19H25NO5/c1-4-23-16-10-6-14(12-17(16)24-5-2)7-11-18(21)25-13(3)19(22)20-15-8-9-15/h6-7,10-13,15H,4-5,8-9H2,1-3H3,(H,20,22)/b11-7+/t13-/m1/s1. The Morgan fingerprint density at radius 2 is 1.88 bits per heavy atom. The molecule has 1 fully saturated rings. The smallest absolute Gasteiger partial charge is 0.331 e. The Labute approximate surface area is 148 Å². The monoisotopic (exact) mass is 347 g/mol. The van der Waals surface area contributed by atoms with Crippen LogP contribution in [0.25, 0.3) is 6.08 Å². The molecule has 0 radical (unpaired) electrons. The second-order valence-corrected chi connectivity index (χ2v) is 5.77. The molecule has 1 aromatic rings. The van der Waals surface area contributed by atoms with Crippen molar-refractivity contribution in [3.05, 3.63) is 29.8 Å². The zero-order valence-electron chi connectivity index (χ0n) is 14.9. The fourth-order valence-electron chi connectivity index (χ4n) is 2.15. The number of nitrogens with one attached hydrogen (secondary N) is 1. The molecule has 25 heavy (non-hydrogen) atoms. The summed E-state index contributed by atoms with van der Waals surface area (Å²) in [5, 5.41) is 2.80. The summed E-state index contributed by atoms with van der Waals surface area (Å²) in [5.74, 6) is 0.459. The number of carbonyl (C=O) groups is 2. The highest BCUT2D eigenvalue weighted by Crippen LogP contribution is 2.29. The van der Waals surface area contributed by atoms with E-state index in [9.17, 15) is 9.59 Å². The Bertz CT molecular complexity index is 637. The maximum Gasteiger partial charge on any atom is 0.331 e. The van der Waals surface area contributed by atoms with Crippen molar-refractivity contribution in [1.82, 2.24) is 5.32 Å². The topological polar surface area (TPSA) is 73.9 Å². The molecule has 2 rings (SSSR count). The van der Waals surface area contributed by atoms with Gasteiger partial charge in [0.2, 0.25) is 0 Å². The van der Waals surface area contributed by atoms with Crippen molar-refractivity contribution in [2.45, 2.75) is 45.8 Å². The number of hydrogen-bond acceptors (Lipinski definition) is 5. The van der Waals surface area contributed by atoms with Crippen molar-refractivity contribution in [3.8, 4) is 11.5 Å². The minimum absolute atomic E-state index is 0.241. The number of hydrogen-bond donors (Lipinski definition) is 1. The molecule has 1 saturated carbocycles. The van der Waals surface area contributed by atoms with Gasteiger partial charge in [0.15, 0.2) is 17.6 Å². The predicted molar refractivity (Wildman–Crippen MR) is 94.5 cm³/mol. The molecule has 1 N–H and O–H groups in total. The van der Waals surface area contributed by atoms with Gasteiger partial charge in [-0.2, -0.15) is 0 Å². The average Bonchev–Trinajstić information content (AvgIpc) is 3.39. The fraction of sp³-hybridized carbons (Fsp3) is 0.474. The largest absolute Gasteiger partial charge is 0.490 e. The van der Waals surface area contributed by atoms with Gasteiger partial charge in [-0.25, -0.2) is 4.79 Å². The van der Waals surface area contributed by atoms with Crippen molar-refractivity contribution in [1.29, 1.82) is 0 Å². The molecule has 0 aliphatic heterocycles. The molecule has 0 unspecified atom stereocenters. The molecule has 1 aliphatic carbocycles. The van der Waals surface area contributed by atoms with Gasteiger partial charge < -0.3 is 19.5 Å². The van der Waals surface area contributed by atoms with Gasteiger partial charge in [0.25, 0.3) is 5.91 Å². The van der Waals surface area contributed by atoms with Crippen LogP contribution in [0, 0.1) is 0 Å². The lowest BCUT2D eigenvalue weighted by atomic mass is 10.2. The molecule has 136 valence electrons. The van der Waals surface area contributed by atoms with Gasteiger partial charge >= 0.3 is 5.97 Å². The van der Waals surface area contributed by atoms with Crippen molar-refractivity contribution in [2.24, 2.45) is 0 Å². The molecule has 1 atom stereocenters. The molecule has 1 aliphatic rings. The van der Waals surface area contributed by atoms with E-state index in [1.807, 2.05) is 19.9 Å². The van der Waals surface area contributed by atoms with Gasteiger partial charge in [0.05, 0.1) is 13.2 Å². The van der Waals surface area contributed by atoms with E-state index in [4.69, 9.17) is 14.2 Å². The lowest BCUT2D eigenvalue weighted by Crippen LogP contribution is -2.36. The Morgan fingerprint density at radius 1 is 1.20 bits per heavy atom. The van der Waals surface area contributed by atoms with E-state index < -0.39 is 12.1 Å². The predicted octanol–water partition coefficient (Wildman–Crippen LogP) is 2.71. The zero-order valence-corrected chi connectivity index (χ0v) is 14.9. The van der Waals surface area contributed by atoms with E-state index in [1.54, 1.807) is 25.1 Å². The molecule has 1 aromatic carbocycles. The molecule has 6 heteroatoms. The maximum absolute atomic E-state index is 11.9. The van der Waals surface area contributed by atoms with Crippen LogP contribution in [0.3, 0.4) is 0 Å². The Kier molecular flexibility index (Phi) is 6.86. The molecule has 0 aromatic heterocycles. The molecule has 1 amide bonds.